The molecule has 0 aromatic carbocycles. The number of amides is 1. The fraction of sp³-hybridized carbons (Fsp3) is 0.778. The third-order valence-corrected chi connectivity index (χ3v) is 6.03. The number of aliphatic hydroxyl groups excluding tert-OH is 1. The standard InChI is InChI=1S/C18H30N4O3/c1-14-15(20-13-19-14)8-21-6-4-18(5-7-21)10-17(2,12-23)22(11-18)16(24)9-25-3/h13,23H,4-12H2,1-3H3,(H,19,20)/t17-/m1/s1. The van der Waals surface area contributed by atoms with E-state index in [1.165, 1.54) is 7.11 Å². The van der Waals surface area contributed by atoms with Crippen molar-refractivity contribution in [2.24, 2.45) is 5.41 Å². The number of piperidine rings is 1. The smallest absolute Gasteiger partial charge is 0.249 e. The van der Waals surface area contributed by atoms with Crippen LogP contribution in [0.5, 0.6) is 0 Å². The predicted octanol–water partition coefficient (Wildman–Crippen LogP) is 0.930. The molecule has 2 saturated heterocycles. The zero-order valence-corrected chi connectivity index (χ0v) is 15.5. The molecule has 7 heteroatoms. The van der Waals surface area contributed by atoms with Crippen molar-refractivity contribution in [1.29, 1.82) is 0 Å². The number of H-pyrrole nitrogens is 1. The van der Waals surface area contributed by atoms with E-state index in [9.17, 15) is 9.90 Å². The molecule has 1 atom stereocenters. The van der Waals surface area contributed by atoms with Gasteiger partial charge >= 0.3 is 0 Å². The van der Waals surface area contributed by atoms with Crippen molar-refractivity contribution in [2.75, 3.05) is 40.0 Å². The van der Waals surface area contributed by atoms with Crippen LogP contribution in [0.15, 0.2) is 6.33 Å². The summed E-state index contributed by atoms with van der Waals surface area (Å²) in [6.07, 6.45) is 4.70. The van der Waals surface area contributed by atoms with Crippen LogP contribution < -0.4 is 0 Å². The molecule has 25 heavy (non-hydrogen) atoms. The molecule has 1 aromatic heterocycles. The SMILES string of the molecule is COCC(=O)N1CC2(CCN(Cc3nc[nH]c3C)CC2)C[C@]1(C)CO. The molecule has 7 nitrogen and oxygen atoms in total. The summed E-state index contributed by atoms with van der Waals surface area (Å²) in [5.74, 6) is -0.0227. The lowest BCUT2D eigenvalue weighted by atomic mass is 9.74. The van der Waals surface area contributed by atoms with Crippen molar-refractivity contribution in [3.05, 3.63) is 17.7 Å². The number of aromatic nitrogens is 2. The molecule has 2 fully saturated rings. The molecule has 1 spiro atoms. The summed E-state index contributed by atoms with van der Waals surface area (Å²) in [4.78, 5) is 24.2. The molecular formula is C18H30N4O3. The molecule has 0 saturated carbocycles. The van der Waals surface area contributed by atoms with Gasteiger partial charge in [-0.1, -0.05) is 0 Å². The molecule has 3 rings (SSSR count). The lowest BCUT2D eigenvalue weighted by Gasteiger charge is -2.39. The molecule has 2 N–H and O–H groups in total. The maximum atomic E-state index is 12.4. The second kappa shape index (κ2) is 7.05. The number of imidazole rings is 1. The third-order valence-electron chi connectivity index (χ3n) is 6.03. The number of likely N-dealkylation sites (tertiary alicyclic amines) is 2. The summed E-state index contributed by atoms with van der Waals surface area (Å²) >= 11 is 0. The topological polar surface area (TPSA) is 81.7 Å². The highest BCUT2D eigenvalue weighted by molar-refractivity contribution is 5.78. The summed E-state index contributed by atoms with van der Waals surface area (Å²) in [5, 5.41) is 9.92. The Hall–Kier alpha value is -1.44. The number of nitrogens with zero attached hydrogens (tertiary/aromatic N) is 3. The van der Waals surface area contributed by atoms with Crippen molar-refractivity contribution in [3.8, 4) is 0 Å². The largest absolute Gasteiger partial charge is 0.394 e. The van der Waals surface area contributed by atoms with E-state index in [1.807, 2.05) is 11.8 Å². The second-order valence-corrected chi connectivity index (χ2v) is 8.00. The van der Waals surface area contributed by atoms with Crippen LogP contribution in [-0.4, -0.2) is 76.3 Å². The van der Waals surface area contributed by atoms with Gasteiger partial charge in [-0.3, -0.25) is 9.69 Å². The Labute approximate surface area is 149 Å². The maximum absolute atomic E-state index is 12.4. The van der Waals surface area contributed by atoms with Crippen LogP contribution in [0.4, 0.5) is 0 Å². The highest BCUT2D eigenvalue weighted by Gasteiger charge is 2.52. The summed E-state index contributed by atoms with van der Waals surface area (Å²) in [7, 11) is 1.54. The first-order valence-corrected chi connectivity index (χ1v) is 9.03. The van der Waals surface area contributed by atoms with Crippen LogP contribution in [0.3, 0.4) is 0 Å². The van der Waals surface area contributed by atoms with Gasteiger partial charge in [-0.2, -0.15) is 0 Å². The fourth-order valence-corrected chi connectivity index (χ4v) is 4.50. The number of ether oxygens (including phenoxy) is 1. The molecule has 0 aliphatic carbocycles. The monoisotopic (exact) mass is 350 g/mol. The van der Waals surface area contributed by atoms with E-state index in [0.717, 1.165) is 56.8 Å². The van der Waals surface area contributed by atoms with Crippen LogP contribution in [0.25, 0.3) is 0 Å². The third kappa shape index (κ3) is 3.59. The van der Waals surface area contributed by atoms with E-state index >= 15 is 0 Å². The lowest BCUT2D eigenvalue weighted by Crippen LogP contribution is -2.49. The van der Waals surface area contributed by atoms with Gasteiger partial charge in [0.2, 0.25) is 5.91 Å². The van der Waals surface area contributed by atoms with Gasteiger partial charge in [-0.25, -0.2) is 4.98 Å². The lowest BCUT2D eigenvalue weighted by molar-refractivity contribution is -0.140. The molecule has 3 heterocycles. The fourth-order valence-electron chi connectivity index (χ4n) is 4.50. The van der Waals surface area contributed by atoms with Gasteiger partial charge in [0, 0.05) is 25.9 Å². The Morgan fingerprint density at radius 3 is 2.72 bits per heavy atom. The normalized spacial score (nSPS) is 26.5. The number of rotatable bonds is 5. The van der Waals surface area contributed by atoms with E-state index in [4.69, 9.17) is 4.74 Å². The van der Waals surface area contributed by atoms with Gasteiger partial charge < -0.3 is 19.7 Å². The number of nitrogens with one attached hydrogen (secondary N) is 1. The minimum atomic E-state index is -0.476. The molecule has 2 aliphatic rings. The van der Waals surface area contributed by atoms with Gasteiger partial charge in [-0.05, 0) is 51.6 Å². The Morgan fingerprint density at radius 1 is 1.44 bits per heavy atom. The van der Waals surface area contributed by atoms with Crippen molar-refractivity contribution < 1.29 is 14.6 Å². The summed E-state index contributed by atoms with van der Waals surface area (Å²) in [6.45, 7) is 7.72. The number of carbonyl (C=O) groups is 1. The number of hydrogen-bond acceptors (Lipinski definition) is 5. The van der Waals surface area contributed by atoms with Crippen molar-refractivity contribution in [3.63, 3.8) is 0 Å². The van der Waals surface area contributed by atoms with Gasteiger partial charge in [-0.15, -0.1) is 0 Å². The van der Waals surface area contributed by atoms with Crippen LogP contribution in [-0.2, 0) is 16.1 Å². The van der Waals surface area contributed by atoms with Crippen molar-refractivity contribution in [2.45, 2.75) is 45.2 Å². The van der Waals surface area contributed by atoms with Gasteiger partial charge in [0.1, 0.15) is 6.61 Å². The van der Waals surface area contributed by atoms with Gasteiger partial charge in [0.15, 0.2) is 0 Å². The van der Waals surface area contributed by atoms with Crippen LogP contribution >= 0.6 is 0 Å². The first-order valence-electron chi connectivity index (χ1n) is 9.03. The molecule has 2 aliphatic heterocycles. The number of methoxy groups -OCH3 is 1. The minimum absolute atomic E-state index is 0.000380. The predicted molar refractivity (Wildman–Crippen MR) is 94.0 cm³/mol. The van der Waals surface area contributed by atoms with Crippen LogP contribution in [0.2, 0.25) is 0 Å². The van der Waals surface area contributed by atoms with E-state index in [1.54, 1.807) is 6.33 Å². The Morgan fingerprint density at radius 2 is 2.16 bits per heavy atom. The first-order chi connectivity index (χ1) is 11.9. The number of carbonyl (C=O) groups excluding carboxylic acids is 1. The van der Waals surface area contributed by atoms with E-state index in [0.29, 0.717) is 0 Å². The maximum Gasteiger partial charge on any atom is 0.249 e. The quantitative estimate of drug-likeness (QED) is 0.826. The zero-order chi connectivity index (χ0) is 18.1. The first kappa shape index (κ1) is 18.4. The highest BCUT2D eigenvalue weighted by Crippen LogP contribution is 2.48. The summed E-state index contributed by atoms with van der Waals surface area (Å²) < 4.78 is 5.03. The highest BCUT2D eigenvalue weighted by atomic mass is 16.5. The zero-order valence-electron chi connectivity index (χ0n) is 15.5. The van der Waals surface area contributed by atoms with Gasteiger partial charge in [0.05, 0.1) is 24.2 Å². The van der Waals surface area contributed by atoms with E-state index < -0.39 is 5.54 Å². The molecular weight excluding hydrogens is 320 g/mol. The number of aliphatic hydroxyl groups is 1. The average Bonchev–Trinajstić information content (AvgIpc) is 3.12. The molecule has 1 amide bonds. The van der Waals surface area contributed by atoms with Crippen molar-refractivity contribution >= 4 is 5.91 Å². The Kier molecular flexibility index (Phi) is 5.18. The molecule has 0 bridgehead atoms. The van der Waals surface area contributed by atoms with E-state index in [2.05, 4.69) is 21.8 Å². The number of hydrogen-bond donors (Lipinski definition) is 2. The minimum Gasteiger partial charge on any atom is -0.394 e. The van der Waals surface area contributed by atoms with Crippen molar-refractivity contribution in [1.82, 2.24) is 19.8 Å². The number of aryl methyl sites for hydroxylation is 1. The average molecular weight is 350 g/mol. The molecule has 140 valence electrons. The second-order valence-electron chi connectivity index (χ2n) is 8.00. The number of aromatic amines is 1. The van der Waals surface area contributed by atoms with Gasteiger partial charge in [0.25, 0.3) is 0 Å². The molecule has 0 radical (unpaired) electrons. The summed E-state index contributed by atoms with van der Waals surface area (Å²) in [5.41, 5.74) is 1.87. The Bertz CT molecular complexity index is 609. The molecule has 1 aromatic rings. The van der Waals surface area contributed by atoms with Crippen LogP contribution in [0, 0.1) is 12.3 Å². The van der Waals surface area contributed by atoms with E-state index in [-0.39, 0.29) is 24.5 Å². The van der Waals surface area contributed by atoms with Crippen LogP contribution in [0.1, 0.15) is 37.6 Å². The summed E-state index contributed by atoms with van der Waals surface area (Å²) in [6, 6.07) is 0. The Balaban J connectivity index is 1.64. The molecule has 0 unspecified atom stereocenters.